The van der Waals surface area contributed by atoms with Gasteiger partial charge in [0.25, 0.3) is 5.56 Å². The Morgan fingerprint density at radius 3 is 2.84 bits per heavy atom. The van der Waals surface area contributed by atoms with E-state index in [1.54, 1.807) is 38.1 Å². The minimum Gasteiger partial charge on any atom is -0.463 e. The van der Waals surface area contributed by atoms with Crippen molar-refractivity contribution in [1.82, 2.24) is 25.6 Å². The van der Waals surface area contributed by atoms with Gasteiger partial charge in [0.05, 0.1) is 35.8 Å². The van der Waals surface area contributed by atoms with Crippen molar-refractivity contribution in [2.45, 2.75) is 26.4 Å². The maximum Gasteiger partial charge on any atom is 0.337 e. The number of fused-ring (bicyclic) bond motifs is 1. The van der Waals surface area contributed by atoms with Gasteiger partial charge in [-0.1, -0.05) is 17.3 Å². The molecule has 0 radical (unpaired) electrons. The van der Waals surface area contributed by atoms with Gasteiger partial charge in [-0.2, -0.15) is 0 Å². The Morgan fingerprint density at radius 1 is 1.32 bits per heavy atom. The summed E-state index contributed by atoms with van der Waals surface area (Å²) in [7, 11) is 0. The number of aromatic nitrogens is 3. The molecule has 0 aliphatic carbocycles. The van der Waals surface area contributed by atoms with Crippen LogP contribution in [0.1, 0.15) is 13.8 Å². The molecule has 0 bridgehead atoms. The first-order valence-electron chi connectivity index (χ1n) is 7.81. The molecule has 2 aromatic rings. The van der Waals surface area contributed by atoms with E-state index in [2.05, 4.69) is 20.9 Å². The fraction of sp³-hybridized carbons (Fsp3) is 0.312. The summed E-state index contributed by atoms with van der Waals surface area (Å²) in [6, 6.07) is 5.81. The molecule has 2 amide bonds. The van der Waals surface area contributed by atoms with E-state index >= 15 is 0 Å². The number of hydrogen-bond donors (Lipinski definition) is 2. The second-order valence-corrected chi connectivity index (χ2v) is 5.50. The summed E-state index contributed by atoms with van der Waals surface area (Å²) in [5.41, 5.74) is 0.637. The number of rotatable bonds is 4. The van der Waals surface area contributed by atoms with E-state index in [1.165, 1.54) is 0 Å². The molecular formula is C16H17N5O4. The molecule has 0 unspecified atom stereocenters. The van der Waals surface area contributed by atoms with Gasteiger partial charge in [-0.3, -0.25) is 4.79 Å². The summed E-state index contributed by atoms with van der Waals surface area (Å²) in [5.74, 6) is -0.556. The fourth-order valence-electron chi connectivity index (χ4n) is 2.68. The number of hydrogen-bond acceptors (Lipinski definition) is 6. The zero-order chi connectivity index (χ0) is 18.0. The highest BCUT2D eigenvalue weighted by molar-refractivity contribution is 5.94. The Labute approximate surface area is 142 Å². The van der Waals surface area contributed by atoms with Crippen LogP contribution in [0.15, 0.2) is 40.3 Å². The Kier molecular flexibility index (Phi) is 4.46. The minimum absolute atomic E-state index is 0.0947. The first kappa shape index (κ1) is 16.6. The Balaban J connectivity index is 2.05. The van der Waals surface area contributed by atoms with Crippen LogP contribution in [-0.2, 0) is 16.1 Å². The molecule has 1 aromatic carbocycles. The number of urea groups is 1. The van der Waals surface area contributed by atoms with Gasteiger partial charge in [0.1, 0.15) is 5.52 Å². The Morgan fingerprint density at radius 2 is 2.08 bits per heavy atom. The lowest BCUT2D eigenvalue weighted by atomic mass is 10.0. The molecule has 1 aliphatic rings. The Bertz CT molecular complexity index is 934. The molecule has 3 rings (SSSR count). The van der Waals surface area contributed by atoms with Gasteiger partial charge < -0.3 is 15.4 Å². The van der Waals surface area contributed by atoms with Crippen LogP contribution in [0.4, 0.5) is 4.79 Å². The van der Waals surface area contributed by atoms with Crippen molar-refractivity contribution in [3.8, 4) is 0 Å². The van der Waals surface area contributed by atoms with Gasteiger partial charge >= 0.3 is 12.0 Å². The summed E-state index contributed by atoms with van der Waals surface area (Å²) in [6.45, 7) is 3.46. The van der Waals surface area contributed by atoms with Crippen LogP contribution in [0, 0.1) is 0 Å². The summed E-state index contributed by atoms with van der Waals surface area (Å²) in [6.07, 6.45) is 0. The van der Waals surface area contributed by atoms with Crippen molar-refractivity contribution in [3.63, 3.8) is 0 Å². The number of esters is 1. The molecule has 2 N–H and O–H groups in total. The molecule has 0 saturated carbocycles. The van der Waals surface area contributed by atoms with Crippen molar-refractivity contribution >= 4 is 22.9 Å². The van der Waals surface area contributed by atoms with Crippen LogP contribution in [0.5, 0.6) is 0 Å². The number of carbonyl (C=O) groups excluding carboxylic acids is 2. The smallest absolute Gasteiger partial charge is 0.337 e. The van der Waals surface area contributed by atoms with Crippen LogP contribution in [0.2, 0.25) is 0 Å². The monoisotopic (exact) mass is 343 g/mol. The number of nitrogens with one attached hydrogen (secondary N) is 2. The molecule has 1 aliphatic heterocycles. The summed E-state index contributed by atoms with van der Waals surface area (Å²) in [4.78, 5) is 36.5. The molecule has 1 atom stereocenters. The van der Waals surface area contributed by atoms with Gasteiger partial charge in [0.2, 0.25) is 0 Å². The number of amides is 2. The maximum absolute atomic E-state index is 12.6. The van der Waals surface area contributed by atoms with E-state index in [9.17, 15) is 14.4 Å². The first-order valence-corrected chi connectivity index (χ1v) is 7.81. The van der Waals surface area contributed by atoms with Crippen LogP contribution < -0.4 is 16.2 Å². The van der Waals surface area contributed by atoms with E-state index < -0.39 is 18.0 Å². The van der Waals surface area contributed by atoms with Gasteiger partial charge in [-0.05, 0) is 26.0 Å². The third-order valence-corrected chi connectivity index (χ3v) is 3.80. The highest BCUT2D eigenvalue weighted by Gasteiger charge is 2.30. The standard InChI is InChI=1S/C16H17N5O4/c1-3-25-15(23)13-9(2)17-16(24)18-12(13)8-21-14(22)10-6-4-5-7-11(10)19-20-21/h4-7,9H,3,8H2,1-2H3,(H2,17,18,24)/t9-/m1/s1. The lowest BCUT2D eigenvalue weighted by Crippen LogP contribution is -2.50. The molecule has 0 saturated heterocycles. The number of benzene rings is 1. The topological polar surface area (TPSA) is 115 Å². The summed E-state index contributed by atoms with van der Waals surface area (Å²) < 4.78 is 6.15. The highest BCUT2D eigenvalue weighted by Crippen LogP contribution is 2.15. The molecule has 9 heteroatoms. The molecule has 130 valence electrons. The maximum atomic E-state index is 12.6. The molecule has 25 heavy (non-hydrogen) atoms. The van der Waals surface area contributed by atoms with E-state index in [0.29, 0.717) is 10.9 Å². The summed E-state index contributed by atoms with van der Waals surface area (Å²) >= 11 is 0. The van der Waals surface area contributed by atoms with E-state index in [1.807, 2.05) is 0 Å². The van der Waals surface area contributed by atoms with Crippen molar-refractivity contribution in [2.24, 2.45) is 0 Å². The average molecular weight is 343 g/mol. The predicted octanol–water partition coefficient (Wildman–Crippen LogP) is 0.310. The molecule has 0 fully saturated rings. The number of nitrogens with zero attached hydrogens (tertiary/aromatic N) is 3. The van der Waals surface area contributed by atoms with E-state index in [-0.39, 0.29) is 30.0 Å². The highest BCUT2D eigenvalue weighted by atomic mass is 16.5. The SMILES string of the molecule is CCOC(=O)C1=C(Cn2nnc3ccccc3c2=O)NC(=O)N[C@@H]1C. The van der Waals surface area contributed by atoms with E-state index in [0.717, 1.165) is 4.68 Å². The lowest BCUT2D eigenvalue weighted by molar-refractivity contribution is -0.139. The number of carbonyl (C=O) groups is 2. The predicted molar refractivity (Wildman–Crippen MR) is 88.6 cm³/mol. The molecule has 2 heterocycles. The van der Waals surface area contributed by atoms with Crippen molar-refractivity contribution in [2.75, 3.05) is 6.61 Å². The van der Waals surface area contributed by atoms with E-state index in [4.69, 9.17) is 4.74 Å². The summed E-state index contributed by atoms with van der Waals surface area (Å²) in [5, 5.41) is 13.4. The quantitative estimate of drug-likeness (QED) is 0.772. The zero-order valence-electron chi connectivity index (χ0n) is 13.8. The molecule has 0 spiro atoms. The number of ether oxygens (including phenoxy) is 1. The second-order valence-electron chi connectivity index (χ2n) is 5.50. The van der Waals surface area contributed by atoms with Crippen LogP contribution in [-0.4, -0.2) is 39.6 Å². The van der Waals surface area contributed by atoms with Gasteiger partial charge in [0.15, 0.2) is 0 Å². The first-order chi connectivity index (χ1) is 12.0. The number of allylic oxidation sites excluding steroid dienone is 1. The van der Waals surface area contributed by atoms with Crippen LogP contribution in [0.25, 0.3) is 10.9 Å². The molecule has 1 aromatic heterocycles. The average Bonchev–Trinajstić information content (AvgIpc) is 2.57. The van der Waals surface area contributed by atoms with Crippen LogP contribution >= 0.6 is 0 Å². The largest absolute Gasteiger partial charge is 0.463 e. The molecule has 9 nitrogen and oxygen atoms in total. The molecular weight excluding hydrogens is 326 g/mol. The van der Waals surface area contributed by atoms with Gasteiger partial charge in [-0.15, -0.1) is 5.10 Å². The van der Waals surface area contributed by atoms with Gasteiger partial charge in [-0.25, -0.2) is 14.3 Å². The third kappa shape index (κ3) is 3.21. The third-order valence-electron chi connectivity index (χ3n) is 3.80. The normalized spacial score (nSPS) is 17.2. The van der Waals surface area contributed by atoms with Crippen molar-refractivity contribution in [1.29, 1.82) is 0 Å². The lowest BCUT2D eigenvalue weighted by Gasteiger charge is -2.26. The van der Waals surface area contributed by atoms with Crippen molar-refractivity contribution < 1.29 is 14.3 Å². The minimum atomic E-state index is -0.556. The van der Waals surface area contributed by atoms with Crippen molar-refractivity contribution in [3.05, 3.63) is 45.9 Å². The second kappa shape index (κ2) is 6.71. The zero-order valence-corrected chi connectivity index (χ0v) is 13.8. The fourth-order valence-corrected chi connectivity index (χ4v) is 2.68. The van der Waals surface area contributed by atoms with Gasteiger partial charge in [0, 0.05) is 0 Å². The Hall–Kier alpha value is -3.23. The van der Waals surface area contributed by atoms with Crippen LogP contribution in [0.3, 0.4) is 0 Å².